The zero-order valence-corrected chi connectivity index (χ0v) is 20.7. The van der Waals surface area contributed by atoms with Gasteiger partial charge in [0.05, 0.1) is 4.90 Å². The molecule has 1 saturated heterocycles. The number of sulfonamides is 1. The van der Waals surface area contributed by atoms with Crippen molar-refractivity contribution in [3.8, 4) is 5.75 Å². The number of carbonyl (C=O) groups excluding carboxylic acids is 1. The molecule has 37 heavy (non-hydrogen) atoms. The Balaban J connectivity index is 1.28. The lowest BCUT2D eigenvalue weighted by atomic mass is 10.1. The zero-order chi connectivity index (χ0) is 26.6. The van der Waals surface area contributed by atoms with E-state index in [-0.39, 0.29) is 17.4 Å². The van der Waals surface area contributed by atoms with Gasteiger partial charge in [-0.25, -0.2) is 13.1 Å². The molecule has 1 aromatic heterocycles. The predicted octanol–water partition coefficient (Wildman–Crippen LogP) is 2.24. The molecule has 0 atom stereocenters. The summed E-state index contributed by atoms with van der Waals surface area (Å²) in [5.74, 6) is 0.449. The summed E-state index contributed by atoms with van der Waals surface area (Å²) in [5, 5.41) is 1.01. The van der Waals surface area contributed by atoms with Crippen molar-refractivity contribution < 1.29 is 31.1 Å². The van der Waals surface area contributed by atoms with Crippen LogP contribution in [0.15, 0.2) is 53.6 Å². The number of carbonyl (C=O) groups is 1. The highest BCUT2D eigenvalue weighted by atomic mass is 32.2. The maximum atomic E-state index is 12.7. The van der Waals surface area contributed by atoms with E-state index in [0.717, 1.165) is 22.9 Å². The van der Waals surface area contributed by atoms with Gasteiger partial charge in [-0.3, -0.25) is 4.79 Å². The number of benzene rings is 2. The maximum Gasteiger partial charge on any atom is 0.402 e. The summed E-state index contributed by atoms with van der Waals surface area (Å²) in [6, 6.07) is 11.2. The summed E-state index contributed by atoms with van der Waals surface area (Å²) >= 11 is 0. The van der Waals surface area contributed by atoms with E-state index in [9.17, 15) is 26.4 Å². The molecule has 3 aromatic rings. The molecule has 13 heteroatoms. The molecule has 0 radical (unpaired) electrons. The number of H-pyrrole nitrogens is 1. The molecule has 0 spiro atoms. The van der Waals surface area contributed by atoms with E-state index in [1.165, 1.54) is 12.1 Å². The number of hydrogen-bond acceptors (Lipinski definition) is 6. The van der Waals surface area contributed by atoms with Crippen LogP contribution in [0.4, 0.5) is 18.9 Å². The molecule has 4 N–H and O–H groups in total. The van der Waals surface area contributed by atoms with Crippen molar-refractivity contribution in [1.82, 2.24) is 14.6 Å². The number of aromatic amines is 1. The lowest BCUT2D eigenvalue weighted by molar-refractivity contribution is -0.133. The largest absolute Gasteiger partial charge is 0.484 e. The number of piperazine rings is 1. The standard InChI is InChI=1S/C24H28F3N5O4S/c25-24(26,27)16-30-37(34,35)20-4-1-18(2-5-20)31-9-11-32(12-10-31)23(33)15-36-19-3-6-22-21(13-19)17(7-8-28)14-29-22/h1-6,13-14,29-30H,7-12,15-16,28H2. The molecule has 1 fully saturated rings. The van der Waals surface area contributed by atoms with Crippen molar-refractivity contribution in [2.45, 2.75) is 17.5 Å². The minimum absolute atomic E-state index is 0.0976. The second-order valence-electron chi connectivity index (χ2n) is 8.65. The highest BCUT2D eigenvalue weighted by Gasteiger charge is 2.30. The van der Waals surface area contributed by atoms with Gasteiger partial charge in [-0.15, -0.1) is 0 Å². The molecule has 9 nitrogen and oxygen atoms in total. The Bertz CT molecular complexity index is 1330. The highest BCUT2D eigenvalue weighted by Crippen LogP contribution is 2.25. The van der Waals surface area contributed by atoms with Crippen molar-refractivity contribution in [2.75, 3.05) is 50.8 Å². The topological polar surface area (TPSA) is 121 Å². The summed E-state index contributed by atoms with van der Waals surface area (Å²) in [6.07, 6.45) is -1.98. The van der Waals surface area contributed by atoms with Gasteiger partial charge < -0.3 is 25.3 Å². The highest BCUT2D eigenvalue weighted by molar-refractivity contribution is 7.89. The number of halogens is 3. The van der Waals surface area contributed by atoms with Crippen molar-refractivity contribution in [2.24, 2.45) is 5.73 Å². The fourth-order valence-electron chi connectivity index (χ4n) is 4.16. The molecule has 1 aliphatic rings. The number of ether oxygens (including phenoxy) is 1. The number of nitrogens with zero attached hydrogens (tertiary/aromatic N) is 2. The quantitative estimate of drug-likeness (QED) is 0.384. The Morgan fingerprint density at radius 1 is 1.08 bits per heavy atom. The molecule has 2 aromatic carbocycles. The van der Waals surface area contributed by atoms with Crippen LogP contribution in [0.3, 0.4) is 0 Å². The van der Waals surface area contributed by atoms with Gasteiger partial charge in [0.15, 0.2) is 6.61 Å². The number of nitrogens with two attached hydrogens (primary N) is 1. The van der Waals surface area contributed by atoms with E-state index in [1.54, 1.807) is 27.8 Å². The van der Waals surface area contributed by atoms with Gasteiger partial charge in [-0.1, -0.05) is 0 Å². The number of nitrogens with one attached hydrogen (secondary N) is 2. The Morgan fingerprint density at radius 3 is 2.43 bits per heavy atom. The molecule has 2 heterocycles. The van der Waals surface area contributed by atoms with Crippen LogP contribution >= 0.6 is 0 Å². The van der Waals surface area contributed by atoms with Crippen LogP contribution in [-0.2, 0) is 21.2 Å². The molecule has 4 rings (SSSR count). The third kappa shape index (κ3) is 6.73. The van der Waals surface area contributed by atoms with E-state index in [0.29, 0.717) is 44.2 Å². The fraction of sp³-hybridized carbons (Fsp3) is 0.375. The first kappa shape index (κ1) is 26.8. The van der Waals surface area contributed by atoms with Crippen LogP contribution in [0.2, 0.25) is 0 Å². The smallest absolute Gasteiger partial charge is 0.402 e. The number of amides is 1. The van der Waals surface area contributed by atoms with Gasteiger partial charge in [0.2, 0.25) is 10.0 Å². The molecular formula is C24H28F3N5O4S. The van der Waals surface area contributed by atoms with Crippen LogP contribution in [0, 0.1) is 0 Å². The molecule has 1 aliphatic heterocycles. The van der Waals surface area contributed by atoms with E-state index >= 15 is 0 Å². The van der Waals surface area contributed by atoms with Crippen molar-refractivity contribution >= 4 is 32.5 Å². The minimum Gasteiger partial charge on any atom is -0.484 e. The number of aromatic nitrogens is 1. The maximum absolute atomic E-state index is 12.7. The Kier molecular flexibility index (Phi) is 7.95. The van der Waals surface area contributed by atoms with Crippen LogP contribution in [0.5, 0.6) is 5.75 Å². The summed E-state index contributed by atoms with van der Waals surface area (Å²) in [4.78, 5) is 19.3. The molecule has 200 valence electrons. The summed E-state index contributed by atoms with van der Waals surface area (Å²) in [6.45, 7) is 0.737. The first-order chi connectivity index (χ1) is 17.6. The third-order valence-electron chi connectivity index (χ3n) is 6.12. The minimum atomic E-state index is -4.64. The van der Waals surface area contributed by atoms with Crippen molar-refractivity contribution in [3.63, 3.8) is 0 Å². The summed E-state index contributed by atoms with van der Waals surface area (Å²) in [7, 11) is -4.27. The first-order valence-corrected chi connectivity index (χ1v) is 13.2. The average molecular weight is 540 g/mol. The number of hydrogen-bond donors (Lipinski definition) is 3. The molecule has 0 saturated carbocycles. The van der Waals surface area contributed by atoms with Gasteiger partial charge >= 0.3 is 6.18 Å². The van der Waals surface area contributed by atoms with E-state index in [2.05, 4.69) is 4.98 Å². The predicted molar refractivity (Wildman–Crippen MR) is 133 cm³/mol. The Morgan fingerprint density at radius 2 is 1.78 bits per heavy atom. The van der Waals surface area contributed by atoms with Gasteiger partial charge in [-0.05, 0) is 61.0 Å². The Hall–Kier alpha value is -3.29. The third-order valence-corrected chi connectivity index (χ3v) is 7.54. The summed E-state index contributed by atoms with van der Waals surface area (Å²) < 4.78 is 68.4. The van der Waals surface area contributed by atoms with E-state index in [1.807, 2.05) is 23.2 Å². The SMILES string of the molecule is NCCc1c[nH]c2ccc(OCC(=O)N3CCN(c4ccc(S(=O)(=O)NCC(F)(F)F)cc4)CC3)cc12. The van der Waals surface area contributed by atoms with Crippen LogP contribution < -0.4 is 20.1 Å². The van der Waals surface area contributed by atoms with Crippen molar-refractivity contribution in [3.05, 3.63) is 54.2 Å². The number of alkyl halides is 3. The zero-order valence-electron chi connectivity index (χ0n) is 19.9. The van der Waals surface area contributed by atoms with Gasteiger partial charge in [0, 0.05) is 49.0 Å². The molecule has 1 amide bonds. The number of fused-ring (bicyclic) bond motifs is 1. The van der Waals surface area contributed by atoms with Crippen LogP contribution in [0.25, 0.3) is 10.9 Å². The molecule has 0 aliphatic carbocycles. The second kappa shape index (κ2) is 11.0. The van der Waals surface area contributed by atoms with E-state index in [4.69, 9.17) is 10.5 Å². The monoisotopic (exact) mass is 539 g/mol. The fourth-order valence-corrected chi connectivity index (χ4v) is 5.17. The first-order valence-electron chi connectivity index (χ1n) is 11.7. The molecular weight excluding hydrogens is 511 g/mol. The second-order valence-corrected chi connectivity index (χ2v) is 10.4. The van der Waals surface area contributed by atoms with Crippen LogP contribution in [-0.4, -0.2) is 76.3 Å². The lowest BCUT2D eigenvalue weighted by Crippen LogP contribution is -2.50. The summed E-state index contributed by atoms with van der Waals surface area (Å²) in [5.41, 5.74) is 8.44. The molecule has 0 bridgehead atoms. The van der Waals surface area contributed by atoms with Gasteiger partial charge in [0.1, 0.15) is 12.3 Å². The normalized spacial score (nSPS) is 14.8. The van der Waals surface area contributed by atoms with E-state index < -0.39 is 22.7 Å². The molecule has 0 unspecified atom stereocenters. The lowest BCUT2D eigenvalue weighted by Gasteiger charge is -2.36. The van der Waals surface area contributed by atoms with Crippen molar-refractivity contribution in [1.29, 1.82) is 0 Å². The number of anilines is 1. The average Bonchev–Trinajstić information content (AvgIpc) is 3.28. The number of rotatable bonds is 9. The Labute approximate surface area is 212 Å². The van der Waals surface area contributed by atoms with Gasteiger partial charge in [-0.2, -0.15) is 13.2 Å². The van der Waals surface area contributed by atoms with Gasteiger partial charge in [0.25, 0.3) is 5.91 Å². The van der Waals surface area contributed by atoms with Crippen LogP contribution in [0.1, 0.15) is 5.56 Å².